The second-order valence-electron chi connectivity index (χ2n) is 4.06. The fourth-order valence-corrected chi connectivity index (χ4v) is 3.30. The molecule has 3 heteroatoms. The molecule has 4 bridgehead atoms. The van der Waals surface area contributed by atoms with E-state index in [0.717, 1.165) is 6.42 Å². The van der Waals surface area contributed by atoms with Crippen molar-refractivity contribution in [3.8, 4) is 0 Å². The molecular formula is C9H10O3. The van der Waals surface area contributed by atoms with Crippen LogP contribution in [0.1, 0.15) is 6.42 Å². The molecule has 4 rings (SSSR count). The molecule has 0 heterocycles. The first-order valence-electron chi connectivity index (χ1n) is 4.37. The highest BCUT2D eigenvalue weighted by atomic mass is 16.5. The second-order valence-corrected chi connectivity index (χ2v) is 4.06. The Morgan fingerprint density at radius 1 is 1.58 bits per heavy atom. The van der Waals surface area contributed by atoms with E-state index in [4.69, 9.17) is 0 Å². The van der Waals surface area contributed by atoms with Crippen molar-refractivity contribution in [2.45, 2.75) is 6.42 Å². The number of ether oxygens (including phenoxy) is 1. The van der Waals surface area contributed by atoms with Crippen LogP contribution in [0.15, 0.2) is 0 Å². The van der Waals surface area contributed by atoms with Crippen molar-refractivity contribution in [1.29, 1.82) is 0 Å². The zero-order valence-electron chi connectivity index (χ0n) is 6.82. The average Bonchev–Trinajstić information content (AvgIpc) is 2.42. The van der Waals surface area contributed by atoms with Crippen molar-refractivity contribution in [1.82, 2.24) is 0 Å². The number of ketones is 1. The van der Waals surface area contributed by atoms with Gasteiger partial charge in [-0.1, -0.05) is 0 Å². The Morgan fingerprint density at radius 2 is 2.33 bits per heavy atom. The summed E-state index contributed by atoms with van der Waals surface area (Å²) in [5.74, 6) is 1.29. The molecule has 3 nitrogen and oxygen atoms in total. The van der Waals surface area contributed by atoms with Crippen molar-refractivity contribution in [2.75, 3.05) is 7.11 Å². The molecule has 5 atom stereocenters. The fraction of sp³-hybridized carbons (Fsp3) is 0.778. The molecule has 4 saturated carbocycles. The van der Waals surface area contributed by atoms with Gasteiger partial charge in [-0.3, -0.25) is 9.59 Å². The smallest absolute Gasteiger partial charge is 0.309 e. The van der Waals surface area contributed by atoms with Crippen LogP contribution in [0, 0.1) is 29.6 Å². The maximum atomic E-state index is 11.4. The van der Waals surface area contributed by atoms with Gasteiger partial charge in [0, 0.05) is 11.8 Å². The lowest BCUT2D eigenvalue weighted by Crippen LogP contribution is -2.21. The summed E-state index contributed by atoms with van der Waals surface area (Å²) in [4.78, 5) is 22.7. The van der Waals surface area contributed by atoms with Crippen molar-refractivity contribution >= 4 is 11.8 Å². The molecule has 0 aliphatic heterocycles. The first-order valence-corrected chi connectivity index (χ1v) is 4.37. The number of methoxy groups -OCH3 is 1. The van der Waals surface area contributed by atoms with Crippen LogP contribution in [0.3, 0.4) is 0 Å². The first kappa shape index (κ1) is 6.63. The maximum absolute atomic E-state index is 11.4. The van der Waals surface area contributed by atoms with Crippen LogP contribution in [-0.4, -0.2) is 18.9 Å². The van der Waals surface area contributed by atoms with Crippen molar-refractivity contribution in [2.24, 2.45) is 29.6 Å². The van der Waals surface area contributed by atoms with Gasteiger partial charge >= 0.3 is 5.97 Å². The normalized spacial score (nSPS) is 52.8. The molecule has 0 aromatic heterocycles. The molecule has 4 aliphatic rings. The lowest BCUT2D eigenvalue weighted by atomic mass is 9.98. The predicted octanol–water partition coefficient (Wildman–Crippen LogP) is 0.240. The Hall–Kier alpha value is -0.860. The minimum atomic E-state index is -0.166. The van der Waals surface area contributed by atoms with Gasteiger partial charge in [0.1, 0.15) is 5.78 Å². The van der Waals surface area contributed by atoms with Crippen LogP contribution < -0.4 is 0 Å². The summed E-state index contributed by atoms with van der Waals surface area (Å²) in [6.45, 7) is 0. The number of esters is 1. The first-order chi connectivity index (χ1) is 5.75. The van der Waals surface area contributed by atoms with Crippen LogP contribution in [0.5, 0.6) is 0 Å². The number of hydrogen-bond acceptors (Lipinski definition) is 3. The summed E-state index contributed by atoms with van der Waals surface area (Å²) in [5, 5.41) is 0. The Morgan fingerprint density at radius 3 is 2.67 bits per heavy atom. The van der Waals surface area contributed by atoms with Crippen LogP contribution in [0.4, 0.5) is 0 Å². The summed E-state index contributed by atoms with van der Waals surface area (Å²) in [5.41, 5.74) is 0. The molecule has 64 valence electrons. The Labute approximate surface area is 70.1 Å². The zero-order valence-corrected chi connectivity index (χ0v) is 6.82. The molecule has 0 N–H and O–H groups in total. The largest absolute Gasteiger partial charge is 0.469 e. The third-order valence-electron chi connectivity index (χ3n) is 3.77. The Kier molecular flexibility index (Phi) is 0.955. The van der Waals surface area contributed by atoms with Gasteiger partial charge in [-0.05, 0) is 18.3 Å². The average molecular weight is 166 g/mol. The van der Waals surface area contributed by atoms with Crippen molar-refractivity contribution in [3.05, 3.63) is 0 Å². The van der Waals surface area contributed by atoms with E-state index in [2.05, 4.69) is 4.74 Å². The SMILES string of the molecule is COC(=O)[C@H]1C2CC3C(C2=O)[C@@H]31. The molecule has 4 aliphatic carbocycles. The van der Waals surface area contributed by atoms with Gasteiger partial charge in [0.05, 0.1) is 13.0 Å². The molecule has 4 fully saturated rings. The van der Waals surface area contributed by atoms with Crippen LogP contribution in [0.25, 0.3) is 0 Å². The van der Waals surface area contributed by atoms with E-state index in [-0.39, 0.29) is 23.7 Å². The molecule has 12 heavy (non-hydrogen) atoms. The summed E-state index contributed by atoms with van der Waals surface area (Å²) in [6, 6.07) is 0. The van der Waals surface area contributed by atoms with Gasteiger partial charge in [-0.15, -0.1) is 0 Å². The number of carbonyl (C=O) groups is 2. The van der Waals surface area contributed by atoms with Gasteiger partial charge in [0.25, 0.3) is 0 Å². The van der Waals surface area contributed by atoms with E-state index < -0.39 is 0 Å². The lowest BCUT2D eigenvalue weighted by Gasteiger charge is -2.09. The minimum absolute atomic E-state index is 0.0254. The van der Waals surface area contributed by atoms with E-state index in [1.165, 1.54) is 7.11 Å². The van der Waals surface area contributed by atoms with Gasteiger partial charge in [-0.25, -0.2) is 0 Å². The number of rotatable bonds is 1. The lowest BCUT2D eigenvalue weighted by molar-refractivity contribution is -0.147. The standard InChI is InChI=1S/C9H10O3/c1-12-9(11)7-4-2-3-5(7)6(3)8(4)10/h3-7H,2H2,1H3/t3?,4?,5-,6?,7+/m1/s1. The van der Waals surface area contributed by atoms with Gasteiger partial charge < -0.3 is 4.74 Å². The summed E-state index contributed by atoms with van der Waals surface area (Å²) in [6.07, 6.45) is 0.952. The third-order valence-corrected chi connectivity index (χ3v) is 3.77. The van der Waals surface area contributed by atoms with Crippen molar-refractivity contribution in [3.63, 3.8) is 0 Å². The topological polar surface area (TPSA) is 43.4 Å². The molecule has 0 aromatic rings. The Bertz CT molecular complexity index is 283. The quantitative estimate of drug-likeness (QED) is 0.524. The van der Waals surface area contributed by atoms with Crippen LogP contribution in [-0.2, 0) is 14.3 Å². The third kappa shape index (κ3) is 0.490. The second kappa shape index (κ2) is 1.73. The van der Waals surface area contributed by atoms with Crippen LogP contribution >= 0.6 is 0 Å². The van der Waals surface area contributed by atoms with E-state index >= 15 is 0 Å². The maximum Gasteiger partial charge on any atom is 0.309 e. The molecule has 0 amide bonds. The predicted molar refractivity (Wildman–Crippen MR) is 39.1 cm³/mol. The summed E-state index contributed by atoms with van der Waals surface area (Å²) >= 11 is 0. The highest BCUT2D eigenvalue weighted by Crippen LogP contribution is 2.71. The van der Waals surface area contributed by atoms with Gasteiger partial charge in [-0.2, -0.15) is 0 Å². The molecule has 0 spiro atoms. The monoisotopic (exact) mass is 166 g/mol. The van der Waals surface area contributed by atoms with Gasteiger partial charge in [0.2, 0.25) is 0 Å². The van der Waals surface area contributed by atoms with E-state index in [1.54, 1.807) is 0 Å². The summed E-state index contributed by atoms with van der Waals surface area (Å²) < 4.78 is 4.69. The van der Waals surface area contributed by atoms with E-state index in [0.29, 0.717) is 17.6 Å². The fourth-order valence-electron chi connectivity index (χ4n) is 3.30. The molecule has 0 aromatic carbocycles. The zero-order chi connectivity index (χ0) is 8.46. The number of carbonyl (C=O) groups excluding carboxylic acids is 2. The molecular weight excluding hydrogens is 156 g/mol. The summed E-state index contributed by atoms with van der Waals surface area (Å²) in [7, 11) is 1.40. The minimum Gasteiger partial charge on any atom is -0.469 e. The number of Topliss-reactive ketones (excluding diaryl/α,β-unsaturated/α-hetero) is 1. The highest BCUT2D eigenvalue weighted by molar-refractivity contribution is 5.98. The molecule has 0 saturated heterocycles. The van der Waals surface area contributed by atoms with Crippen molar-refractivity contribution < 1.29 is 14.3 Å². The number of hydrogen-bond donors (Lipinski definition) is 0. The van der Waals surface area contributed by atoms with Gasteiger partial charge in [0.15, 0.2) is 0 Å². The van der Waals surface area contributed by atoms with Crippen LogP contribution in [0.2, 0.25) is 0 Å². The highest BCUT2D eigenvalue weighted by Gasteiger charge is 2.75. The Balaban J connectivity index is 1.93. The molecule has 3 unspecified atom stereocenters. The van der Waals surface area contributed by atoms with E-state index in [9.17, 15) is 9.59 Å². The van der Waals surface area contributed by atoms with E-state index in [1.807, 2.05) is 0 Å². The molecule has 0 radical (unpaired) electrons.